The predicted molar refractivity (Wildman–Crippen MR) is 70.3 cm³/mol. The van der Waals surface area contributed by atoms with Crippen molar-refractivity contribution in [3.05, 3.63) is 0 Å². The van der Waals surface area contributed by atoms with Gasteiger partial charge in [0.15, 0.2) is 0 Å². The van der Waals surface area contributed by atoms with Gasteiger partial charge in [-0.05, 0) is 18.8 Å². The molecule has 1 amide bonds. The van der Waals surface area contributed by atoms with Crippen LogP contribution in [0.4, 0.5) is 0 Å². The Balaban J connectivity index is 2.27. The average molecular weight is 258 g/mol. The van der Waals surface area contributed by atoms with Gasteiger partial charge in [-0.25, -0.2) is 0 Å². The van der Waals surface area contributed by atoms with Crippen molar-refractivity contribution < 1.29 is 14.3 Å². The van der Waals surface area contributed by atoms with Crippen LogP contribution >= 0.6 is 0 Å². The van der Waals surface area contributed by atoms with E-state index in [0.717, 1.165) is 19.4 Å². The van der Waals surface area contributed by atoms with Crippen LogP contribution in [-0.2, 0) is 14.3 Å². The number of carbonyl (C=O) groups is 1. The average Bonchev–Trinajstić information content (AvgIpc) is 2.38. The van der Waals surface area contributed by atoms with Crippen LogP contribution in [0.2, 0.25) is 0 Å². The second-order valence-electron chi connectivity index (χ2n) is 4.96. The third-order valence-corrected chi connectivity index (χ3v) is 3.46. The number of rotatable bonds is 7. The maximum atomic E-state index is 12.1. The van der Waals surface area contributed by atoms with Crippen LogP contribution in [0.25, 0.3) is 0 Å². The molecule has 5 nitrogen and oxygen atoms in total. The zero-order valence-corrected chi connectivity index (χ0v) is 11.6. The number of nitrogens with two attached hydrogens (primary N) is 1. The quantitative estimate of drug-likeness (QED) is 0.680. The highest BCUT2D eigenvalue weighted by Gasteiger charge is 2.28. The standard InChI is InChI=1S/C13H26N2O3/c1-11-3-5-15(12(9-11)10-14)13(16)4-6-18-8-7-17-2/h11-12H,3-10,14H2,1-2H3. The molecular formula is C13H26N2O3. The Morgan fingerprint density at radius 3 is 2.83 bits per heavy atom. The Bertz CT molecular complexity index is 248. The summed E-state index contributed by atoms with van der Waals surface area (Å²) in [7, 11) is 1.63. The Morgan fingerprint density at radius 2 is 2.17 bits per heavy atom. The summed E-state index contributed by atoms with van der Waals surface area (Å²) in [6.07, 6.45) is 2.54. The van der Waals surface area contributed by atoms with Crippen LogP contribution in [0.5, 0.6) is 0 Å². The molecule has 0 saturated carbocycles. The fourth-order valence-electron chi connectivity index (χ4n) is 2.35. The Labute approximate surface area is 110 Å². The molecule has 1 heterocycles. The van der Waals surface area contributed by atoms with Gasteiger partial charge in [-0.3, -0.25) is 4.79 Å². The monoisotopic (exact) mass is 258 g/mol. The van der Waals surface area contributed by atoms with E-state index in [0.29, 0.717) is 38.7 Å². The first-order valence-corrected chi connectivity index (χ1v) is 6.75. The number of piperidine rings is 1. The minimum Gasteiger partial charge on any atom is -0.382 e. The summed E-state index contributed by atoms with van der Waals surface area (Å²) < 4.78 is 10.2. The normalized spacial score (nSPS) is 24.3. The van der Waals surface area contributed by atoms with Crippen molar-refractivity contribution in [1.29, 1.82) is 0 Å². The highest BCUT2D eigenvalue weighted by molar-refractivity contribution is 5.76. The first kappa shape index (κ1) is 15.4. The molecule has 2 N–H and O–H groups in total. The van der Waals surface area contributed by atoms with Crippen molar-refractivity contribution in [3.8, 4) is 0 Å². The van der Waals surface area contributed by atoms with Gasteiger partial charge in [0.05, 0.1) is 26.2 Å². The molecule has 1 rings (SSSR count). The molecule has 5 heteroatoms. The van der Waals surface area contributed by atoms with Crippen LogP contribution in [0.3, 0.4) is 0 Å². The maximum absolute atomic E-state index is 12.1. The third kappa shape index (κ3) is 4.92. The van der Waals surface area contributed by atoms with Gasteiger partial charge in [0, 0.05) is 26.2 Å². The van der Waals surface area contributed by atoms with E-state index in [-0.39, 0.29) is 11.9 Å². The van der Waals surface area contributed by atoms with Crippen LogP contribution in [0, 0.1) is 5.92 Å². The second-order valence-corrected chi connectivity index (χ2v) is 4.96. The lowest BCUT2D eigenvalue weighted by Gasteiger charge is -2.38. The van der Waals surface area contributed by atoms with Gasteiger partial charge in [0.25, 0.3) is 0 Å². The number of carbonyl (C=O) groups excluding carboxylic acids is 1. The molecule has 0 radical (unpaired) electrons. The summed E-state index contributed by atoms with van der Waals surface area (Å²) in [5.74, 6) is 0.829. The minimum absolute atomic E-state index is 0.162. The molecule has 1 aliphatic rings. The molecule has 0 aromatic heterocycles. The fourth-order valence-corrected chi connectivity index (χ4v) is 2.35. The van der Waals surface area contributed by atoms with Crippen molar-refractivity contribution >= 4 is 5.91 Å². The predicted octanol–water partition coefficient (Wildman–Crippen LogP) is 0.625. The van der Waals surface area contributed by atoms with Crippen molar-refractivity contribution in [2.75, 3.05) is 40.0 Å². The largest absolute Gasteiger partial charge is 0.382 e. The molecular weight excluding hydrogens is 232 g/mol. The van der Waals surface area contributed by atoms with Gasteiger partial charge in [0.1, 0.15) is 0 Å². The number of hydrogen-bond acceptors (Lipinski definition) is 4. The Hall–Kier alpha value is -0.650. The van der Waals surface area contributed by atoms with E-state index in [1.54, 1.807) is 7.11 Å². The number of ether oxygens (including phenoxy) is 2. The van der Waals surface area contributed by atoms with Gasteiger partial charge in [0.2, 0.25) is 5.91 Å². The van der Waals surface area contributed by atoms with Crippen molar-refractivity contribution in [2.24, 2.45) is 11.7 Å². The van der Waals surface area contributed by atoms with E-state index < -0.39 is 0 Å². The van der Waals surface area contributed by atoms with Gasteiger partial charge in [-0.2, -0.15) is 0 Å². The molecule has 0 bridgehead atoms. The van der Waals surface area contributed by atoms with Gasteiger partial charge in [-0.1, -0.05) is 6.92 Å². The maximum Gasteiger partial charge on any atom is 0.225 e. The smallest absolute Gasteiger partial charge is 0.225 e. The number of methoxy groups -OCH3 is 1. The highest BCUT2D eigenvalue weighted by Crippen LogP contribution is 2.22. The molecule has 0 aromatic rings. The van der Waals surface area contributed by atoms with Crippen molar-refractivity contribution in [1.82, 2.24) is 4.90 Å². The summed E-state index contributed by atoms with van der Waals surface area (Å²) in [4.78, 5) is 14.0. The molecule has 106 valence electrons. The molecule has 1 saturated heterocycles. The van der Waals surface area contributed by atoms with Crippen LogP contribution in [0.1, 0.15) is 26.2 Å². The van der Waals surface area contributed by atoms with E-state index in [2.05, 4.69) is 6.92 Å². The topological polar surface area (TPSA) is 64.8 Å². The molecule has 2 atom stereocenters. The van der Waals surface area contributed by atoms with Crippen LogP contribution in [-0.4, -0.2) is 56.9 Å². The lowest BCUT2D eigenvalue weighted by molar-refractivity contribution is -0.136. The fraction of sp³-hybridized carbons (Fsp3) is 0.923. The minimum atomic E-state index is 0.162. The van der Waals surface area contributed by atoms with E-state index in [1.807, 2.05) is 4.90 Å². The van der Waals surface area contributed by atoms with E-state index in [1.165, 1.54) is 0 Å². The van der Waals surface area contributed by atoms with E-state index >= 15 is 0 Å². The lowest BCUT2D eigenvalue weighted by atomic mass is 9.92. The number of likely N-dealkylation sites (tertiary alicyclic amines) is 1. The summed E-state index contributed by atoms with van der Waals surface area (Å²) >= 11 is 0. The summed E-state index contributed by atoms with van der Waals surface area (Å²) in [6.45, 7) is 5.19. The number of nitrogens with zero attached hydrogens (tertiary/aromatic N) is 1. The van der Waals surface area contributed by atoms with Crippen LogP contribution < -0.4 is 5.73 Å². The van der Waals surface area contributed by atoms with Crippen molar-refractivity contribution in [2.45, 2.75) is 32.2 Å². The SMILES string of the molecule is COCCOCCC(=O)N1CCC(C)CC1CN. The number of hydrogen-bond donors (Lipinski definition) is 1. The first-order chi connectivity index (χ1) is 8.69. The molecule has 0 spiro atoms. The zero-order chi connectivity index (χ0) is 13.4. The van der Waals surface area contributed by atoms with Crippen LogP contribution in [0.15, 0.2) is 0 Å². The zero-order valence-electron chi connectivity index (χ0n) is 11.6. The van der Waals surface area contributed by atoms with Crippen molar-refractivity contribution in [3.63, 3.8) is 0 Å². The lowest BCUT2D eigenvalue weighted by Crippen LogP contribution is -2.49. The summed E-state index contributed by atoms with van der Waals surface area (Å²) in [5, 5.41) is 0. The molecule has 1 fully saturated rings. The molecule has 0 aliphatic carbocycles. The Kier molecular flexibility index (Phi) is 7.23. The van der Waals surface area contributed by atoms with E-state index in [4.69, 9.17) is 15.2 Å². The molecule has 2 unspecified atom stereocenters. The molecule has 1 aliphatic heterocycles. The molecule has 18 heavy (non-hydrogen) atoms. The van der Waals surface area contributed by atoms with Gasteiger partial charge < -0.3 is 20.1 Å². The summed E-state index contributed by atoms with van der Waals surface area (Å²) in [5.41, 5.74) is 5.75. The Morgan fingerprint density at radius 1 is 1.39 bits per heavy atom. The summed E-state index contributed by atoms with van der Waals surface area (Å²) in [6, 6.07) is 0.209. The second kappa shape index (κ2) is 8.45. The van der Waals surface area contributed by atoms with Gasteiger partial charge >= 0.3 is 0 Å². The third-order valence-electron chi connectivity index (χ3n) is 3.46. The first-order valence-electron chi connectivity index (χ1n) is 6.75. The number of amides is 1. The molecule has 0 aromatic carbocycles. The van der Waals surface area contributed by atoms with Gasteiger partial charge in [-0.15, -0.1) is 0 Å². The highest BCUT2D eigenvalue weighted by atomic mass is 16.5. The van der Waals surface area contributed by atoms with E-state index in [9.17, 15) is 4.79 Å².